The molecule has 6 heteroatoms. The molecule has 0 rings (SSSR count). The fraction of sp³-hybridized carbons (Fsp3) is 0.649. The Labute approximate surface area is 512 Å². The fourth-order valence-corrected chi connectivity index (χ4v) is 9.24. The standard InChI is InChI=1S/C77H126O6/c1-4-7-10-13-16-19-22-25-27-29-31-33-35-37-38-40-41-43-45-47-49-52-55-58-61-64-67-70-76(79)82-73-74(72-81-75(78)69-66-63-60-57-54-51-24-21-18-15-12-9-6-3)83-77(80)71-68-65-62-59-56-53-50-48-46-44-42-39-36-34-32-30-28-26-23-20-17-14-11-8-5-2/h7-8,10-12,15-17,19-21,24-28,31-34,37-38,41,43,74H,4-6,9,13-14,18,22-23,29-30,35-36,39-40,42,44-73H2,1-3H3/b10-7-,11-8-,15-12-,19-16-,20-17-,24-21-,27-25-,28-26-,33-31-,34-32-,38-37-,43-41-. The van der Waals surface area contributed by atoms with Gasteiger partial charge in [0.25, 0.3) is 0 Å². The Morgan fingerprint density at radius 3 is 0.735 bits per heavy atom. The average molecular weight is 1150 g/mol. The molecule has 0 fully saturated rings. The van der Waals surface area contributed by atoms with Gasteiger partial charge in [0.2, 0.25) is 0 Å². The maximum Gasteiger partial charge on any atom is 0.306 e. The van der Waals surface area contributed by atoms with E-state index >= 15 is 0 Å². The lowest BCUT2D eigenvalue weighted by Crippen LogP contribution is -2.30. The van der Waals surface area contributed by atoms with Crippen LogP contribution in [0.15, 0.2) is 146 Å². The molecule has 0 aromatic carbocycles. The van der Waals surface area contributed by atoms with Crippen LogP contribution in [0.3, 0.4) is 0 Å². The van der Waals surface area contributed by atoms with Crippen LogP contribution in [0, 0.1) is 0 Å². The fourth-order valence-electron chi connectivity index (χ4n) is 9.24. The number of hydrogen-bond acceptors (Lipinski definition) is 6. The number of ether oxygens (including phenoxy) is 3. The number of hydrogen-bond donors (Lipinski definition) is 0. The first-order valence-electron chi connectivity index (χ1n) is 34.3. The van der Waals surface area contributed by atoms with Gasteiger partial charge in [0.1, 0.15) is 13.2 Å². The van der Waals surface area contributed by atoms with Crippen molar-refractivity contribution in [1.82, 2.24) is 0 Å². The smallest absolute Gasteiger partial charge is 0.306 e. The molecule has 0 aromatic rings. The first-order valence-corrected chi connectivity index (χ1v) is 34.3. The van der Waals surface area contributed by atoms with Crippen molar-refractivity contribution in [2.24, 2.45) is 0 Å². The van der Waals surface area contributed by atoms with Crippen molar-refractivity contribution in [2.75, 3.05) is 13.2 Å². The lowest BCUT2D eigenvalue weighted by molar-refractivity contribution is -0.167. The van der Waals surface area contributed by atoms with E-state index < -0.39 is 6.10 Å². The van der Waals surface area contributed by atoms with Gasteiger partial charge >= 0.3 is 17.9 Å². The molecule has 0 amide bonds. The normalized spacial score (nSPS) is 13.0. The van der Waals surface area contributed by atoms with Crippen molar-refractivity contribution in [3.8, 4) is 0 Å². The quantitative estimate of drug-likeness (QED) is 0.0261. The second-order valence-corrected chi connectivity index (χ2v) is 22.3. The molecule has 0 N–H and O–H groups in total. The molecule has 0 aliphatic heterocycles. The minimum absolute atomic E-state index is 0.0913. The van der Waals surface area contributed by atoms with Crippen LogP contribution in [0.25, 0.3) is 0 Å². The summed E-state index contributed by atoms with van der Waals surface area (Å²) in [5.41, 5.74) is 0. The predicted octanol–water partition coefficient (Wildman–Crippen LogP) is 23.9. The van der Waals surface area contributed by atoms with Gasteiger partial charge in [-0.25, -0.2) is 0 Å². The van der Waals surface area contributed by atoms with Gasteiger partial charge in [-0.05, 0) is 135 Å². The SMILES string of the molecule is CC/C=C\C/C=C\C/C=C\C/C=C\C/C=C\C/C=C\CCCCCCCCCCC(=O)OCC(COC(=O)CCCCCCC/C=C\C/C=C\CCC)OC(=O)CCCCCCCCCCCCCC/C=C\C/C=C\C/C=C\C/C=C\CC. The van der Waals surface area contributed by atoms with Crippen molar-refractivity contribution < 1.29 is 28.6 Å². The van der Waals surface area contributed by atoms with Gasteiger partial charge in [-0.15, -0.1) is 0 Å². The van der Waals surface area contributed by atoms with Gasteiger partial charge in [-0.1, -0.05) is 295 Å². The van der Waals surface area contributed by atoms with Gasteiger partial charge in [0, 0.05) is 19.3 Å². The zero-order chi connectivity index (χ0) is 59.9. The van der Waals surface area contributed by atoms with Crippen molar-refractivity contribution in [3.63, 3.8) is 0 Å². The van der Waals surface area contributed by atoms with E-state index in [4.69, 9.17) is 14.2 Å². The van der Waals surface area contributed by atoms with Crippen molar-refractivity contribution in [2.45, 2.75) is 309 Å². The van der Waals surface area contributed by atoms with Crippen LogP contribution in [-0.4, -0.2) is 37.2 Å². The Kier molecular flexibility index (Phi) is 65.8. The molecule has 0 saturated heterocycles. The molecular formula is C77H126O6. The van der Waals surface area contributed by atoms with Crippen LogP contribution in [0.5, 0.6) is 0 Å². The Hall–Kier alpha value is -4.71. The zero-order valence-corrected chi connectivity index (χ0v) is 53.9. The Bertz CT molecular complexity index is 1800. The van der Waals surface area contributed by atoms with E-state index in [0.29, 0.717) is 19.3 Å². The number of esters is 3. The van der Waals surface area contributed by atoms with Crippen LogP contribution < -0.4 is 0 Å². The molecule has 1 atom stereocenters. The summed E-state index contributed by atoms with van der Waals surface area (Å²) in [7, 11) is 0. The molecular weight excluding hydrogens is 1020 g/mol. The van der Waals surface area contributed by atoms with Crippen LogP contribution in [0.2, 0.25) is 0 Å². The highest BCUT2D eigenvalue weighted by molar-refractivity contribution is 5.71. The lowest BCUT2D eigenvalue weighted by Gasteiger charge is -2.18. The third kappa shape index (κ3) is 68.0. The molecule has 83 heavy (non-hydrogen) atoms. The van der Waals surface area contributed by atoms with E-state index in [1.54, 1.807) is 0 Å². The molecule has 0 bridgehead atoms. The Balaban J connectivity index is 4.35. The summed E-state index contributed by atoms with van der Waals surface area (Å²) in [4.78, 5) is 38.4. The minimum Gasteiger partial charge on any atom is -0.462 e. The second kappa shape index (κ2) is 69.8. The third-order valence-electron chi connectivity index (χ3n) is 14.3. The van der Waals surface area contributed by atoms with Crippen molar-refractivity contribution >= 4 is 17.9 Å². The summed E-state index contributed by atoms with van der Waals surface area (Å²) in [6, 6.07) is 0. The molecule has 1 unspecified atom stereocenters. The average Bonchev–Trinajstić information content (AvgIpc) is 3.49. The van der Waals surface area contributed by atoms with E-state index in [1.165, 1.54) is 103 Å². The van der Waals surface area contributed by atoms with Gasteiger partial charge in [0.05, 0.1) is 0 Å². The number of carbonyl (C=O) groups is 3. The van der Waals surface area contributed by atoms with Gasteiger partial charge in [-0.3, -0.25) is 14.4 Å². The number of allylic oxidation sites excluding steroid dienone is 24. The molecule has 0 saturated carbocycles. The van der Waals surface area contributed by atoms with Crippen molar-refractivity contribution in [1.29, 1.82) is 0 Å². The summed E-state index contributed by atoms with van der Waals surface area (Å²) < 4.78 is 16.9. The predicted molar refractivity (Wildman–Crippen MR) is 362 cm³/mol. The van der Waals surface area contributed by atoms with Gasteiger partial charge in [-0.2, -0.15) is 0 Å². The van der Waals surface area contributed by atoms with E-state index in [-0.39, 0.29) is 31.1 Å². The number of carbonyl (C=O) groups excluding carboxylic acids is 3. The largest absolute Gasteiger partial charge is 0.462 e. The lowest BCUT2D eigenvalue weighted by atomic mass is 10.0. The zero-order valence-electron chi connectivity index (χ0n) is 53.9. The number of unbranched alkanes of at least 4 members (excludes halogenated alkanes) is 26. The van der Waals surface area contributed by atoms with Crippen LogP contribution >= 0.6 is 0 Å². The van der Waals surface area contributed by atoms with Gasteiger partial charge < -0.3 is 14.2 Å². The van der Waals surface area contributed by atoms with E-state index in [9.17, 15) is 14.4 Å². The molecule has 0 aliphatic rings. The molecule has 0 aliphatic carbocycles. The van der Waals surface area contributed by atoms with E-state index in [0.717, 1.165) is 161 Å². The summed E-state index contributed by atoms with van der Waals surface area (Å²) in [5.74, 6) is -0.911. The van der Waals surface area contributed by atoms with Crippen LogP contribution in [-0.2, 0) is 28.6 Å². The Morgan fingerprint density at radius 2 is 0.470 bits per heavy atom. The maximum atomic E-state index is 13.0. The molecule has 0 spiro atoms. The minimum atomic E-state index is -0.796. The second-order valence-electron chi connectivity index (χ2n) is 22.3. The maximum absolute atomic E-state index is 13.0. The Morgan fingerprint density at radius 1 is 0.253 bits per heavy atom. The summed E-state index contributed by atoms with van der Waals surface area (Å²) in [5, 5.41) is 0. The highest BCUT2D eigenvalue weighted by atomic mass is 16.6. The monoisotopic (exact) mass is 1150 g/mol. The first-order chi connectivity index (χ1) is 41.0. The topological polar surface area (TPSA) is 78.9 Å². The summed E-state index contributed by atoms with van der Waals surface area (Å²) >= 11 is 0. The molecule has 0 aromatic heterocycles. The number of rotatable bonds is 61. The molecule has 0 heterocycles. The van der Waals surface area contributed by atoms with Crippen molar-refractivity contribution in [3.05, 3.63) is 146 Å². The highest BCUT2D eigenvalue weighted by Crippen LogP contribution is 2.16. The highest BCUT2D eigenvalue weighted by Gasteiger charge is 2.19. The van der Waals surface area contributed by atoms with E-state index in [2.05, 4.69) is 167 Å². The molecule has 0 radical (unpaired) electrons. The van der Waals surface area contributed by atoms with Crippen LogP contribution in [0.1, 0.15) is 303 Å². The first kappa shape index (κ1) is 78.3. The summed E-state index contributed by atoms with van der Waals surface area (Å²) in [6.45, 7) is 6.34. The molecule has 6 nitrogen and oxygen atoms in total. The van der Waals surface area contributed by atoms with Gasteiger partial charge in [0.15, 0.2) is 6.10 Å². The van der Waals surface area contributed by atoms with E-state index in [1.807, 2.05) is 0 Å². The summed E-state index contributed by atoms with van der Waals surface area (Å²) in [6.07, 6.45) is 100. The van der Waals surface area contributed by atoms with Crippen LogP contribution in [0.4, 0.5) is 0 Å². The molecule has 470 valence electrons. The third-order valence-corrected chi connectivity index (χ3v) is 14.3.